The van der Waals surface area contributed by atoms with Crippen molar-refractivity contribution in [1.29, 1.82) is 0 Å². The first-order valence-electron chi connectivity index (χ1n) is 16.2. The molecule has 0 unspecified atom stereocenters. The minimum Gasteiger partial charge on any atom is -0.0622 e. The van der Waals surface area contributed by atoms with Crippen LogP contribution in [-0.4, -0.2) is 0 Å². The van der Waals surface area contributed by atoms with Crippen molar-refractivity contribution in [3.05, 3.63) is 223 Å². The zero-order valence-electron chi connectivity index (χ0n) is 26.1. The van der Waals surface area contributed by atoms with Gasteiger partial charge in [0.05, 0.1) is 5.92 Å². The van der Waals surface area contributed by atoms with Crippen LogP contribution in [0, 0.1) is 5.92 Å². The van der Waals surface area contributed by atoms with E-state index in [1.165, 1.54) is 77.9 Å². The second kappa shape index (κ2) is 12.8. The van der Waals surface area contributed by atoms with Crippen LogP contribution in [0.3, 0.4) is 0 Å². The van der Waals surface area contributed by atoms with Gasteiger partial charge in [0.25, 0.3) is 0 Å². The van der Waals surface area contributed by atoms with Crippen LogP contribution in [0.2, 0.25) is 0 Å². The van der Waals surface area contributed by atoms with Crippen LogP contribution < -0.4 is 0 Å². The molecule has 0 heteroatoms. The van der Waals surface area contributed by atoms with Crippen molar-refractivity contribution in [2.45, 2.75) is 0 Å². The lowest BCUT2D eigenvalue weighted by atomic mass is 9.74. The van der Waals surface area contributed by atoms with Gasteiger partial charge >= 0.3 is 0 Å². The van der Waals surface area contributed by atoms with E-state index in [2.05, 4.69) is 200 Å². The van der Waals surface area contributed by atoms with Crippen molar-refractivity contribution in [3.8, 4) is 44.5 Å². The fraction of sp³-hybridized carbons (Fsp3) is 0. The van der Waals surface area contributed by atoms with E-state index in [0.29, 0.717) is 0 Å². The summed E-state index contributed by atoms with van der Waals surface area (Å²) in [6.45, 7) is 0. The fourth-order valence-corrected chi connectivity index (χ4v) is 6.95. The summed E-state index contributed by atoms with van der Waals surface area (Å²) in [5.41, 5.74) is 13.3. The topological polar surface area (TPSA) is 0 Å². The SMILES string of the molecule is c1ccc(-c2cccc([C](c3cccc(-c4ccccc4)c3-c3ccccc3)c3cccc4ccccc34)c2-c2ccccc2)cc1. The number of fused-ring (bicyclic) bond motifs is 1. The number of rotatable bonds is 7. The minimum atomic E-state index is 1.19. The van der Waals surface area contributed by atoms with Crippen molar-refractivity contribution >= 4 is 10.8 Å². The zero-order valence-corrected chi connectivity index (χ0v) is 26.1. The van der Waals surface area contributed by atoms with Gasteiger partial charge in [0.1, 0.15) is 0 Å². The van der Waals surface area contributed by atoms with Crippen LogP contribution in [0.5, 0.6) is 0 Å². The lowest BCUT2D eigenvalue weighted by Crippen LogP contribution is -2.10. The third kappa shape index (κ3) is 5.45. The molecule has 0 aliphatic carbocycles. The first-order valence-corrected chi connectivity index (χ1v) is 16.2. The van der Waals surface area contributed by atoms with Crippen molar-refractivity contribution < 1.29 is 0 Å². The summed E-state index contributed by atoms with van der Waals surface area (Å²) in [5.74, 6) is 1.22. The Balaban J connectivity index is 1.52. The maximum absolute atomic E-state index is 2.32. The molecular formula is C47H33. The molecule has 0 saturated carbocycles. The van der Waals surface area contributed by atoms with Crippen LogP contribution in [-0.2, 0) is 0 Å². The predicted molar refractivity (Wildman–Crippen MR) is 199 cm³/mol. The molecule has 8 rings (SSSR count). The average molecular weight is 598 g/mol. The molecule has 8 aromatic carbocycles. The Bertz CT molecular complexity index is 2140. The minimum absolute atomic E-state index is 1.19. The smallest absolute Gasteiger partial charge is 0.0622 e. The van der Waals surface area contributed by atoms with Gasteiger partial charge in [-0.15, -0.1) is 0 Å². The molecule has 0 aliphatic rings. The Morgan fingerprint density at radius 3 is 1.11 bits per heavy atom. The van der Waals surface area contributed by atoms with E-state index < -0.39 is 0 Å². The number of hydrogen-bond donors (Lipinski definition) is 0. The molecular weight excluding hydrogens is 565 g/mol. The van der Waals surface area contributed by atoms with E-state index >= 15 is 0 Å². The molecule has 0 bridgehead atoms. The van der Waals surface area contributed by atoms with Gasteiger partial charge in [0, 0.05) is 0 Å². The summed E-state index contributed by atoms with van der Waals surface area (Å²) in [7, 11) is 0. The first-order chi connectivity index (χ1) is 23.4. The standard InChI is InChI=1S/C47H33/c1-5-18-35(19-6-1)40-29-16-32-43(45(40)37-23-9-3-10-24-37)47(42-31-15-27-34-22-13-14-28-39(34)42)44-33-17-30-41(36-20-7-2-8-21-36)46(44)38-25-11-4-12-26-38/h1-33H. The van der Waals surface area contributed by atoms with E-state index in [4.69, 9.17) is 0 Å². The molecule has 0 aromatic heterocycles. The van der Waals surface area contributed by atoms with Crippen LogP contribution in [0.25, 0.3) is 55.3 Å². The molecule has 0 aliphatic heterocycles. The van der Waals surface area contributed by atoms with Gasteiger partial charge in [-0.05, 0) is 72.0 Å². The Hall–Kier alpha value is -5.98. The van der Waals surface area contributed by atoms with E-state index in [1.54, 1.807) is 0 Å². The molecule has 1 radical (unpaired) electrons. The first kappa shape index (κ1) is 28.5. The molecule has 0 saturated heterocycles. The Morgan fingerprint density at radius 2 is 0.617 bits per heavy atom. The van der Waals surface area contributed by atoms with Crippen molar-refractivity contribution in [2.75, 3.05) is 0 Å². The highest BCUT2D eigenvalue weighted by atomic mass is 14.3. The second-order valence-corrected chi connectivity index (χ2v) is 11.8. The molecule has 0 nitrogen and oxygen atoms in total. The van der Waals surface area contributed by atoms with Crippen molar-refractivity contribution in [3.63, 3.8) is 0 Å². The molecule has 8 aromatic rings. The molecule has 0 amide bonds. The highest BCUT2D eigenvalue weighted by Crippen LogP contribution is 2.48. The number of hydrogen-bond acceptors (Lipinski definition) is 0. The lowest BCUT2D eigenvalue weighted by molar-refractivity contribution is 1.25. The Kier molecular flexibility index (Phi) is 7.75. The number of benzene rings is 8. The largest absolute Gasteiger partial charge is 0.0648 e. The van der Waals surface area contributed by atoms with Gasteiger partial charge in [-0.25, -0.2) is 0 Å². The molecule has 221 valence electrons. The molecule has 0 N–H and O–H groups in total. The monoisotopic (exact) mass is 597 g/mol. The highest BCUT2D eigenvalue weighted by molar-refractivity contribution is 5.97. The Morgan fingerprint density at radius 1 is 0.255 bits per heavy atom. The molecule has 0 fully saturated rings. The highest BCUT2D eigenvalue weighted by Gasteiger charge is 2.28. The molecule has 0 atom stereocenters. The quantitative estimate of drug-likeness (QED) is 0.160. The maximum Gasteiger partial charge on any atom is 0.0648 e. The van der Waals surface area contributed by atoms with Gasteiger partial charge in [-0.3, -0.25) is 0 Å². The van der Waals surface area contributed by atoms with E-state index in [9.17, 15) is 0 Å². The van der Waals surface area contributed by atoms with Crippen LogP contribution in [0.1, 0.15) is 16.7 Å². The fourth-order valence-electron chi connectivity index (χ4n) is 6.95. The van der Waals surface area contributed by atoms with E-state index in [0.717, 1.165) is 0 Å². The van der Waals surface area contributed by atoms with Crippen LogP contribution in [0.4, 0.5) is 0 Å². The normalized spacial score (nSPS) is 11.2. The third-order valence-corrected chi connectivity index (χ3v) is 9.02. The molecule has 0 spiro atoms. The summed E-state index contributed by atoms with van der Waals surface area (Å²) >= 11 is 0. The van der Waals surface area contributed by atoms with Gasteiger partial charge in [-0.2, -0.15) is 0 Å². The summed E-state index contributed by atoms with van der Waals surface area (Å²) in [6, 6.07) is 72.4. The van der Waals surface area contributed by atoms with Crippen molar-refractivity contribution in [1.82, 2.24) is 0 Å². The van der Waals surface area contributed by atoms with Gasteiger partial charge in [0.2, 0.25) is 0 Å². The molecule has 47 heavy (non-hydrogen) atoms. The summed E-state index contributed by atoms with van der Waals surface area (Å²) < 4.78 is 0. The maximum atomic E-state index is 2.32. The van der Waals surface area contributed by atoms with E-state index in [-0.39, 0.29) is 0 Å². The average Bonchev–Trinajstić information content (AvgIpc) is 3.16. The van der Waals surface area contributed by atoms with Crippen LogP contribution >= 0.6 is 0 Å². The lowest BCUT2D eigenvalue weighted by Gasteiger charge is -2.28. The predicted octanol–water partition coefficient (Wildman–Crippen LogP) is 12.5. The molecule has 0 heterocycles. The van der Waals surface area contributed by atoms with E-state index in [1.807, 2.05) is 0 Å². The summed E-state index contributed by atoms with van der Waals surface area (Å²) in [5, 5.41) is 2.46. The summed E-state index contributed by atoms with van der Waals surface area (Å²) in [4.78, 5) is 0. The van der Waals surface area contributed by atoms with Gasteiger partial charge < -0.3 is 0 Å². The third-order valence-electron chi connectivity index (χ3n) is 9.02. The van der Waals surface area contributed by atoms with Gasteiger partial charge in [0.15, 0.2) is 0 Å². The second-order valence-electron chi connectivity index (χ2n) is 11.8. The van der Waals surface area contributed by atoms with Gasteiger partial charge in [-0.1, -0.05) is 200 Å². The zero-order chi connectivity index (χ0) is 31.4. The van der Waals surface area contributed by atoms with Crippen LogP contribution in [0.15, 0.2) is 200 Å². The van der Waals surface area contributed by atoms with Crippen molar-refractivity contribution in [2.24, 2.45) is 0 Å². The Labute approximate surface area is 277 Å². The summed E-state index contributed by atoms with van der Waals surface area (Å²) in [6.07, 6.45) is 0.